The quantitative estimate of drug-likeness (QED) is 0.654. The molecule has 13 heavy (non-hydrogen) atoms. The monoisotopic (exact) mass is 186 g/mol. The van der Waals surface area contributed by atoms with Gasteiger partial charge in [-0.1, -0.05) is 0 Å². The van der Waals surface area contributed by atoms with Crippen LogP contribution in [0.5, 0.6) is 0 Å². The van der Waals surface area contributed by atoms with Gasteiger partial charge in [-0.15, -0.1) is 0 Å². The van der Waals surface area contributed by atoms with E-state index in [0.29, 0.717) is 0 Å². The molecule has 0 aromatic rings. The Kier molecular flexibility index (Phi) is 4.16. The standard InChI is InChI=1S/C10H22N2O/c1-4-13-8-7-12-6-5-11-10(2,3)9-12/h11H,4-9H2,1-3H3. The van der Waals surface area contributed by atoms with Crippen molar-refractivity contribution < 1.29 is 4.74 Å². The van der Waals surface area contributed by atoms with Crippen LogP contribution in [0.1, 0.15) is 20.8 Å². The fourth-order valence-electron chi connectivity index (χ4n) is 1.78. The predicted octanol–water partition coefficient (Wildman–Crippen LogP) is 0.707. The van der Waals surface area contributed by atoms with E-state index in [1.54, 1.807) is 0 Å². The van der Waals surface area contributed by atoms with E-state index in [4.69, 9.17) is 4.74 Å². The molecule has 0 radical (unpaired) electrons. The summed E-state index contributed by atoms with van der Waals surface area (Å²) in [5.41, 5.74) is 0.268. The Bertz CT molecular complexity index is 148. The Morgan fingerprint density at radius 1 is 1.46 bits per heavy atom. The maximum absolute atomic E-state index is 5.34. The highest BCUT2D eigenvalue weighted by atomic mass is 16.5. The molecule has 0 spiro atoms. The Labute approximate surface area is 81.4 Å². The molecule has 1 rings (SSSR count). The average Bonchev–Trinajstić information content (AvgIpc) is 2.03. The lowest BCUT2D eigenvalue weighted by Gasteiger charge is -2.39. The molecule has 78 valence electrons. The number of nitrogens with zero attached hydrogens (tertiary/aromatic N) is 1. The summed E-state index contributed by atoms with van der Waals surface area (Å²) < 4.78 is 5.34. The number of ether oxygens (including phenoxy) is 1. The molecule has 0 aromatic heterocycles. The van der Waals surface area contributed by atoms with Crippen LogP contribution in [0.2, 0.25) is 0 Å². The van der Waals surface area contributed by atoms with Crippen LogP contribution < -0.4 is 5.32 Å². The topological polar surface area (TPSA) is 24.5 Å². The zero-order chi connectivity index (χ0) is 9.73. The van der Waals surface area contributed by atoms with Gasteiger partial charge in [-0.25, -0.2) is 0 Å². The zero-order valence-corrected chi connectivity index (χ0v) is 9.10. The smallest absolute Gasteiger partial charge is 0.0593 e. The second kappa shape index (κ2) is 4.94. The summed E-state index contributed by atoms with van der Waals surface area (Å²) in [7, 11) is 0. The lowest BCUT2D eigenvalue weighted by molar-refractivity contribution is 0.0863. The fraction of sp³-hybridized carbons (Fsp3) is 1.00. The van der Waals surface area contributed by atoms with Crippen LogP contribution in [0.4, 0.5) is 0 Å². The molecule has 3 heteroatoms. The maximum Gasteiger partial charge on any atom is 0.0593 e. The van der Waals surface area contributed by atoms with Crippen molar-refractivity contribution in [3.05, 3.63) is 0 Å². The SMILES string of the molecule is CCOCCN1CCNC(C)(C)C1. The average molecular weight is 186 g/mol. The summed E-state index contributed by atoms with van der Waals surface area (Å²) in [6, 6.07) is 0. The van der Waals surface area contributed by atoms with E-state index in [9.17, 15) is 0 Å². The highest BCUT2D eigenvalue weighted by Gasteiger charge is 2.24. The third kappa shape index (κ3) is 4.07. The first-order valence-corrected chi connectivity index (χ1v) is 5.19. The lowest BCUT2D eigenvalue weighted by atomic mass is 10.0. The highest BCUT2D eigenvalue weighted by molar-refractivity contribution is 4.86. The van der Waals surface area contributed by atoms with Gasteiger partial charge in [0.1, 0.15) is 0 Å². The zero-order valence-electron chi connectivity index (χ0n) is 9.10. The molecule has 1 aliphatic heterocycles. The number of rotatable bonds is 4. The minimum Gasteiger partial charge on any atom is -0.380 e. The molecule has 1 aliphatic rings. The van der Waals surface area contributed by atoms with Gasteiger partial charge < -0.3 is 10.1 Å². The first-order chi connectivity index (χ1) is 6.14. The third-order valence-electron chi connectivity index (χ3n) is 2.41. The van der Waals surface area contributed by atoms with E-state index >= 15 is 0 Å². The number of hydrogen-bond acceptors (Lipinski definition) is 3. The van der Waals surface area contributed by atoms with Crippen molar-refractivity contribution in [2.75, 3.05) is 39.4 Å². The molecule has 0 amide bonds. The van der Waals surface area contributed by atoms with E-state index in [2.05, 4.69) is 24.1 Å². The predicted molar refractivity (Wildman–Crippen MR) is 55.0 cm³/mol. The minimum absolute atomic E-state index is 0.268. The Morgan fingerprint density at radius 3 is 2.85 bits per heavy atom. The van der Waals surface area contributed by atoms with Crippen LogP contribution in [0.25, 0.3) is 0 Å². The summed E-state index contributed by atoms with van der Waals surface area (Å²) in [6.45, 7) is 12.7. The molecular formula is C10H22N2O. The van der Waals surface area contributed by atoms with E-state index < -0.39 is 0 Å². The van der Waals surface area contributed by atoms with Gasteiger partial charge in [0.05, 0.1) is 6.61 Å². The molecule has 3 nitrogen and oxygen atoms in total. The number of nitrogens with one attached hydrogen (secondary N) is 1. The molecule has 1 fully saturated rings. The second-order valence-electron chi connectivity index (χ2n) is 4.28. The Hall–Kier alpha value is -0.120. The van der Waals surface area contributed by atoms with E-state index in [1.165, 1.54) is 0 Å². The Balaban J connectivity index is 2.19. The first-order valence-electron chi connectivity index (χ1n) is 5.19. The molecule has 1 saturated heterocycles. The van der Waals surface area contributed by atoms with Crippen LogP contribution in [0, 0.1) is 0 Å². The van der Waals surface area contributed by atoms with Crippen molar-refractivity contribution in [2.45, 2.75) is 26.3 Å². The number of hydrogen-bond donors (Lipinski definition) is 1. The van der Waals surface area contributed by atoms with Crippen molar-refractivity contribution >= 4 is 0 Å². The third-order valence-corrected chi connectivity index (χ3v) is 2.41. The summed E-state index contributed by atoms with van der Waals surface area (Å²) in [6.07, 6.45) is 0. The van der Waals surface area contributed by atoms with Crippen molar-refractivity contribution in [2.24, 2.45) is 0 Å². The molecule has 1 heterocycles. The van der Waals surface area contributed by atoms with Gasteiger partial charge in [-0.2, -0.15) is 0 Å². The van der Waals surface area contributed by atoms with Gasteiger partial charge in [0.15, 0.2) is 0 Å². The first kappa shape index (κ1) is 11.0. The van der Waals surface area contributed by atoms with Gasteiger partial charge in [0.25, 0.3) is 0 Å². The molecule has 0 atom stereocenters. The number of piperazine rings is 1. The maximum atomic E-state index is 5.34. The molecule has 0 aromatic carbocycles. The normalized spacial score (nSPS) is 23.3. The van der Waals surface area contributed by atoms with Crippen molar-refractivity contribution in [1.82, 2.24) is 10.2 Å². The van der Waals surface area contributed by atoms with Gasteiger partial charge in [0.2, 0.25) is 0 Å². The van der Waals surface area contributed by atoms with Crippen LogP contribution in [0.15, 0.2) is 0 Å². The second-order valence-corrected chi connectivity index (χ2v) is 4.28. The minimum atomic E-state index is 0.268. The molecular weight excluding hydrogens is 164 g/mol. The summed E-state index contributed by atoms with van der Waals surface area (Å²) in [5.74, 6) is 0. The molecule has 0 aliphatic carbocycles. The molecule has 0 unspecified atom stereocenters. The molecule has 0 bridgehead atoms. The fourth-order valence-corrected chi connectivity index (χ4v) is 1.78. The molecule has 1 N–H and O–H groups in total. The van der Waals surface area contributed by atoms with Crippen LogP contribution >= 0.6 is 0 Å². The Morgan fingerprint density at radius 2 is 2.23 bits per heavy atom. The van der Waals surface area contributed by atoms with Crippen molar-refractivity contribution in [3.8, 4) is 0 Å². The molecule has 0 saturated carbocycles. The summed E-state index contributed by atoms with van der Waals surface area (Å²) >= 11 is 0. The van der Waals surface area contributed by atoms with Crippen LogP contribution in [0.3, 0.4) is 0 Å². The van der Waals surface area contributed by atoms with Gasteiger partial charge in [-0.05, 0) is 20.8 Å². The van der Waals surface area contributed by atoms with E-state index in [-0.39, 0.29) is 5.54 Å². The highest BCUT2D eigenvalue weighted by Crippen LogP contribution is 2.09. The van der Waals surface area contributed by atoms with Crippen molar-refractivity contribution in [1.29, 1.82) is 0 Å². The van der Waals surface area contributed by atoms with Gasteiger partial charge >= 0.3 is 0 Å². The van der Waals surface area contributed by atoms with Gasteiger partial charge in [0, 0.05) is 38.3 Å². The largest absolute Gasteiger partial charge is 0.380 e. The van der Waals surface area contributed by atoms with Crippen molar-refractivity contribution in [3.63, 3.8) is 0 Å². The van der Waals surface area contributed by atoms with Crippen LogP contribution in [-0.2, 0) is 4.74 Å². The van der Waals surface area contributed by atoms with Gasteiger partial charge in [-0.3, -0.25) is 4.90 Å². The lowest BCUT2D eigenvalue weighted by Crippen LogP contribution is -2.57. The van der Waals surface area contributed by atoms with Crippen LogP contribution in [-0.4, -0.2) is 49.8 Å². The van der Waals surface area contributed by atoms with E-state index in [0.717, 1.165) is 39.4 Å². The van der Waals surface area contributed by atoms with E-state index in [1.807, 2.05) is 6.92 Å². The summed E-state index contributed by atoms with van der Waals surface area (Å²) in [5, 5.41) is 3.50. The summed E-state index contributed by atoms with van der Waals surface area (Å²) in [4.78, 5) is 2.46.